The number of esters is 2. The fourth-order valence-electron chi connectivity index (χ4n) is 4.88. The Morgan fingerprint density at radius 2 is 1.06 bits per heavy atom. The Morgan fingerprint density at radius 1 is 0.596 bits per heavy atom. The van der Waals surface area contributed by atoms with Crippen LogP contribution in [0.25, 0.3) is 44.6 Å². The van der Waals surface area contributed by atoms with Crippen LogP contribution in [0, 0.1) is 0 Å². The number of hydrogen-bond donors (Lipinski definition) is 0. The maximum absolute atomic E-state index is 11.6. The number of aromatic nitrogens is 5. The third-order valence-corrected chi connectivity index (χ3v) is 7.70. The van der Waals surface area contributed by atoms with Gasteiger partial charge < -0.3 is 9.47 Å². The molecular weight excluding hydrogens is 658 g/mol. The fraction of sp³-hybridized carbons (Fsp3) is 0.108. The second-order valence-electron chi connectivity index (χ2n) is 9.88. The number of pyridine rings is 1. The summed E-state index contributed by atoms with van der Waals surface area (Å²) in [6.07, 6.45) is 7.11. The molecule has 0 spiro atoms. The summed E-state index contributed by atoms with van der Waals surface area (Å²) in [5.74, 6) is -0.684. The van der Waals surface area contributed by atoms with E-state index < -0.39 is 0 Å². The summed E-state index contributed by atoms with van der Waals surface area (Å²) in [7, 11) is 2.75. The summed E-state index contributed by atoms with van der Waals surface area (Å²) >= 11 is 3.46. The van der Waals surface area contributed by atoms with E-state index in [9.17, 15) is 9.59 Å². The van der Waals surface area contributed by atoms with E-state index in [0.29, 0.717) is 11.1 Å². The van der Waals surface area contributed by atoms with Gasteiger partial charge in [0.2, 0.25) is 0 Å². The summed E-state index contributed by atoms with van der Waals surface area (Å²) in [6.45, 7) is 0. The number of nitrogens with zero attached hydrogens (tertiary/aromatic N) is 5. The lowest BCUT2D eigenvalue weighted by atomic mass is 10.1. The van der Waals surface area contributed by atoms with Gasteiger partial charge in [-0.25, -0.2) is 19.6 Å². The van der Waals surface area contributed by atoms with Crippen LogP contribution in [-0.2, 0) is 9.47 Å². The molecule has 7 aromatic rings. The van der Waals surface area contributed by atoms with Crippen molar-refractivity contribution >= 4 is 49.9 Å². The van der Waals surface area contributed by atoms with Crippen molar-refractivity contribution in [2.75, 3.05) is 14.2 Å². The molecule has 0 aliphatic rings. The molecule has 7 rings (SSSR count). The number of rotatable bonds is 5. The van der Waals surface area contributed by atoms with Crippen LogP contribution in [0.15, 0.2) is 127 Å². The Bertz CT molecular complexity index is 2120. The summed E-state index contributed by atoms with van der Waals surface area (Å²) in [5.41, 5.74) is 8.97. The molecule has 0 atom stereocenters. The molecule has 3 heterocycles. The van der Waals surface area contributed by atoms with Crippen LogP contribution < -0.4 is 0 Å². The molecule has 0 bridgehead atoms. The number of ether oxygens (including phenoxy) is 2. The number of carbonyl (C=O) groups is 2. The largest absolute Gasteiger partial charge is 0.465 e. The number of benzene rings is 4. The van der Waals surface area contributed by atoms with Crippen molar-refractivity contribution in [3.05, 3.63) is 138 Å². The summed E-state index contributed by atoms with van der Waals surface area (Å²) < 4.78 is 14.4. The molecule has 0 amide bonds. The van der Waals surface area contributed by atoms with Gasteiger partial charge in [0.05, 0.1) is 47.4 Å². The lowest BCUT2D eigenvalue weighted by Gasteiger charge is -2.07. The zero-order valence-electron chi connectivity index (χ0n) is 24.3. The molecule has 0 saturated carbocycles. The van der Waals surface area contributed by atoms with Gasteiger partial charge in [0.25, 0.3) is 0 Å². The van der Waals surface area contributed by atoms with Crippen molar-refractivity contribution in [1.82, 2.24) is 24.1 Å². The van der Waals surface area contributed by atoms with Crippen LogP contribution in [0.5, 0.6) is 0 Å². The standard InChI is InChI=1S/C20H15N3O2.C15H11BrN2O2.2CH4/c1-25-20(24)15-2-5-17(6-3-15)23-13-22-18-7-4-16(12-19(18)23)14-8-10-21-11-9-14;1-20-15(19)10-2-5-12(6-3-10)18-9-17-13-7-4-11(16)8-14(13)18;;/h2-13H,1H3;2-9H,1H3;2*1H4. The van der Waals surface area contributed by atoms with Crippen molar-refractivity contribution in [3.63, 3.8) is 0 Å². The lowest BCUT2D eigenvalue weighted by molar-refractivity contribution is 0.0592. The molecule has 0 fully saturated rings. The first-order valence-corrected chi connectivity index (χ1v) is 14.6. The van der Waals surface area contributed by atoms with E-state index in [0.717, 1.165) is 49.0 Å². The van der Waals surface area contributed by atoms with Gasteiger partial charge in [-0.15, -0.1) is 0 Å². The third kappa shape index (κ3) is 7.29. The average Bonchev–Trinajstić information content (AvgIpc) is 3.72. The SMILES string of the molecule is C.C.COC(=O)c1ccc(-n2cnc3ccc(-c4ccncc4)cc32)cc1.COC(=O)c1ccc(-n2cnc3ccc(Br)cc32)cc1. The van der Waals surface area contributed by atoms with E-state index in [4.69, 9.17) is 4.74 Å². The highest BCUT2D eigenvalue weighted by Crippen LogP contribution is 2.26. The van der Waals surface area contributed by atoms with E-state index in [2.05, 4.69) is 47.8 Å². The maximum atomic E-state index is 11.6. The predicted molar refractivity (Wildman–Crippen MR) is 189 cm³/mol. The molecule has 0 unspecified atom stereocenters. The van der Waals surface area contributed by atoms with Crippen molar-refractivity contribution in [1.29, 1.82) is 0 Å². The normalized spacial score (nSPS) is 10.3. The number of fused-ring (bicyclic) bond motifs is 2. The first-order chi connectivity index (χ1) is 21.9. The molecule has 3 aromatic heterocycles. The minimum Gasteiger partial charge on any atom is -0.465 e. The van der Waals surface area contributed by atoms with Gasteiger partial charge in [0.1, 0.15) is 12.7 Å². The minimum atomic E-state index is -0.345. The fourth-order valence-corrected chi connectivity index (χ4v) is 5.22. The highest BCUT2D eigenvalue weighted by Gasteiger charge is 2.10. The Kier molecular flexibility index (Phi) is 11.0. The van der Waals surface area contributed by atoms with Gasteiger partial charge >= 0.3 is 11.9 Å². The molecule has 9 nitrogen and oxygen atoms in total. The number of hydrogen-bond acceptors (Lipinski definition) is 7. The van der Waals surface area contributed by atoms with Gasteiger partial charge in [-0.1, -0.05) is 36.8 Å². The minimum absolute atomic E-state index is 0. The van der Waals surface area contributed by atoms with Crippen molar-refractivity contribution in [3.8, 4) is 22.5 Å². The molecule has 0 N–H and O–H groups in total. The predicted octanol–water partition coefficient (Wildman–Crippen LogP) is 8.72. The molecule has 10 heteroatoms. The molecule has 238 valence electrons. The Balaban J connectivity index is 0.000000209. The van der Waals surface area contributed by atoms with E-state index in [-0.39, 0.29) is 26.8 Å². The smallest absolute Gasteiger partial charge is 0.337 e. The van der Waals surface area contributed by atoms with Gasteiger partial charge in [-0.2, -0.15) is 0 Å². The van der Waals surface area contributed by atoms with Crippen LogP contribution in [0.2, 0.25) is 0 Å². The zero-order chi connectivity index (χ0) is 31.3. The number of imidazole rings is 2. The van der Waals surface area contributed by atoms with Gasteiger partial charge in [-0.05, 0) is 102 Å². The number of halogens is 1. The van der Waals surface area contributed by atoms with Crippen LogP contribution in [0.1, 0.15) is 35.6 Å². The van der Waals surface area contributed by atoms with Crippen LogP contribution in [-0.4, -0.2) is 50.2 Å². The molecular formula is C37H34BrN5O4. The van der Waals surface area contributed by atoms with Gasteiger partial charge in [-0.3, -0.25) is 14.1 Å². The van der Waals surface area contributed by atoms with Crippen LogP contribution in [0.4, 0.5) is 0 Å². The summed E-state index contributed by atoms with van der Waals surface area (Å²) in [4.78, 5) is 35.9. The van der Waals surface area contributed by atoms with E-state index in [1.807, 2.05) is 69.8 Å². The number of carbonyl (C=O) groups excluding carboxylic acids is 2. The first-order valence-electron chi connectivity index (χ1n) is 13.8. The lowest BCUT2D eigenvalue weighted by Crippen LogP contribution is -2.01. The molecule has 0 aliphatic heterocycles. The Hall–Kier alpha value is -5.61. The first kappa shape index (κ1) is 34.3. The second-order valence-corrected chi connectivity index (χ2v) is 10.8. The highest BCUT2D eigenvalue weighted by atomic mass is 79.9. The molecule has 4 aromatic carbocycles. The van der Waals surface area contributed by atoms with E-state index in [1.165, 1.54) is 14.2 Å². The van der Waals surface area contributed by atoms with Gasteiger partial charge in [0.15, 0.2) is 0 Å². The highest BCUT2D eigenvalue weighted by molar-refractivity contribution is 9.10. The molecule has 47 heavy (non-hydrogen) atoms. The molecule has 0 saturated heterocycles. The van der Waals surface area contributed by atoms with E-state index >= 15 is 0 Å². The van der Waals surface area contributed by atoms with Crippen molar-refractivity contribution in [2.45, 2.75) is 14.9 Å². The Labute approximate surface area is 281 Å². The third-order valence-electron chi connectivity index (χ3n) is 7.20. The zero-order valence-corrected chi connectivity index (χ0v) is 25.9. The van der Waals surface area contributed by atoms with Gasteiger partial charge in [0, 0.05) is 28.2 Å². The van der Waals surface area contributed by atoms with Crippen molar-refractivity contribution in [2.24, 2.45) is 0 Å². The second kappa shape index (κ2) is 15.1. The van der Waals surface area contributed by atoms with Crippen LogP contribution in [0.3, 0.4) is 0 Å². The van der Waals surface area contributed by atoms with Crippen molar-refractivity contribution < 1.29 is 19.1 Å². The quantitative estimate of drug-likeness (QED) is 0.166. The average molecular weight is 693 g/mol. The topological polar surface area (TPSA) is 101 Å². The number of methoxy groups -OCH3 is 2. The molecule has 0 aliphatic carbocycles. The summed E-state index contributed by atoms with van der Waals surface area (Å²) in [6, 6.07) is 30.5. The summed E-state index contributed by atoms with van der Waals surface area (Å²) in [5, 5.41) is 0. The van der Waals surface area contributed by atoms with Crippen LogP contribution >= 0.6 is 15.9 Å². The Morgan fingerprint density at radius 3 is 1.55 bits per heavy atom. The maximum Gasteiger partial charge on any atom is 0.337 e. The molecule has 0 radical (unpaired) electrons. The van der Waals surface area contributed by atoms with E-state index in [1.54, 1.807) is 49.3 Å². The monoisotopic (exact) mass is 691 g/mol.